The fourth-order valence-electron chi connectivity index (χ4n) is 4.63. The molecule has 1 aromatic heterocycles. The van der Waals surface area contributed by atoms with E-state index < -0.39 is 0 Å². The molecule has 3 rings (SSSR count). The van der Waals surface area contributed by atoms with Crippen LogP contribution < -0.4 is 5.56 Å². The van der Waals surface area contributed by atoms with Crippen molar-refractivity contribution < 1.29 is 4.79 Å². The highest BCUT2D eigenvalue weighted by atomic mass is 16.2. The fraction of sp³-hybridized carbons (Fsp3) is 0.625. The molecule has 5 nitrogen and oxygen atoms in total. The molecule has 0 radical (unpaired) electrons. The van der Waals surface area contributed by atoms with Crippen LogP contribution in [-0.4, -0.2) is 26.9 Å². The van der Waals surface area contributed by atoms with Crippen LogP contribution in [0.5, 0.6) is 0 Å². The van der Waals surface area contributed by atoms with E-state index in [4.69, 9.17) is 4.98 Å². The van der Waals surface area contributed by atoms with Gasteiger partial charge < -0.3 is 4.90 Å². The molecule has 29 heavy (non-hydrogen) atoms. The molecule has 1 aromatic carbocycles. The third-order valence-corrected chi connectivity index (χ3v) is 6.39. The van der Waals surface area contributed by atoms with E-state index in [1.165, 1.54) is 25.7 Å². The van der Waals surface area contributed by atoms with Crippen LogP contribution in [0.15, 0.2) is 29.1 Å². The van der Waals surface area contributed by atoms with Crippen LogP contribution in [0.25, 0.3) is 10.9 Å². The number of unbranched alkanes of at least 4 members (excludes halogenated alkanes) is 1. The van der Waals surface area contributed by atoms with Gasteiger partial charge in [0.15, 0.2) is 0 Å². The number of benzene rings is 1. The molecular formula is C24H35N3O2. The van der Waals surface area contributed by atoms with Crippen molar-refractivity contribution in [3.63, 3.8) is 0 Å². The quantitative estimate of drug-likeness (QED) is 0.599. The molecule has 1 aliphatic carbocycles. The summed E-state index contributed by atoms with van der Waals surface area (Å²) in [5.74, 6) is 1.61. The Morgan fingerprint density at radius 2 is 1.97 bits per heavy atom. The standard InChI is InChI=1S/C24H35N3O2/c1-4-6-17-27(22(28)16-15-18-11-7-8-12-18)21(5-2)23-25-20-14-10-9-13-19(20)24(29)26(23)3/h9-10,13-14,18,21H,4-8,11-12,15-17H2,1-3H3. The van der Waals surface area contributed by atoms with Gasteiger partial charge in [-0.2, -0.15) is 0 Å². The van der Waals surface area contributed by atoms with E-state index in [1.54, 1.807) is 11.6 Å². The predicted molar refractivity (Wildman–Crippen MR) is 118 cm³/mol. The van der Waals surface area contributed by atoms with Crippen molar-refractivity contribution in [1.29, 1.82) is 0 Å². The summed E-state index contributed by atoms with van der Waals surface area (Å²) in [5, 5.41) is 0.626. The van der Waals surface area contributed by atoms with Gasteiger partial charge in [0.2, 0.25) is 5.91 Å². The summed E-state index contributed by atoms with van der Waals surface area (Å²) in [4.78, 5) is 33.0. The smallest absolute Gasteiger partial charge is 0.261 e. The van der Waals surface area contributed by atoms with Crippen LogP contribution in [0.3, 0.4) is 0 Å². The number of para-hydroxylation sites is 1. The van der Waals surface area contributed by atoms with Gasteiger partial charge in [-0.3, -0.25) is 14.2 Å². The first kappa shape index (κ1) is 21.5. The highest BCUT2D eigenvalue weighted by Crippen LogP contribution is 2.30. The molecular weight excluding hydrogens is 362 g/mol. The molecule has 0 aliphatic heterocycles. The molecule has 0 N–H and O–H groups in total. The lowest BCUT2D eigenvalue weighted by Crippen LogP contribution is -2.39. The number of hydrogen-bond acceptors (Lipinski definition) is 3. The maximum absolute atomic E-state index is 13.3. The van der Waals surface area contributed by atoms with Crippen LogP contribution in [0.4, 0.5) is 0 Å². The number of nitrogens with zero attached hydrogens (tertiary/aromatic N) is 3. The van der Waals surface area contributed by atoms with E-state index in [0.29, 0.717) is 29.1 Å². The molecule has 1 heterocycles. The first-order valence-corrected chi connectivity index (χ1v) is 11.3. The lowest BCUT2D eigenvalue weighted by Gasteiger charge is -2.32. The number of aromatic nitrogens is 2. The molecule has 0 saturated heterocycles. The molecule has 2 aromatic rings. The Morgan fingerprint density at radius 1 is 1.24 bits per heavy atom. The van der Waals surface area contributed by atoms with Gasteiger partial charge >= 0.3 is 0 Å². The summed E-state index contributed by atoms with van der Waals surface area (Å²) in [6.45, 7) is 4.95. The molecule has 1 fully saturated rings. The predicted octanol–water partition coefficient (Wildman–Crippen LogP) is 4.98. The molecule has 0 spiro atoms. The zero-order valence-corrected chi connectivity index (χ0v) is 18.2. The number of carbonyl (C=O) groups excluding carboxylic acids is 1. The number of hydrogen-bond donors (Lipinski definition) is 0. The second kappa shape index (κ2) is 10.0. The Balaban J connectivity index is 1.90. The Hall–Kier alpha value is -2.17. The zero-order valence-electron chi connectivity index (χ0n) is 18.2. The van der Waals surface area contributed by atoms with Crippen molar-refractivity contribution >= 4 is 16.8 Å². The van der Waals surface area contributed by atoms with Gasteiger partial charge in [0.25, 0.3) is 5.56 Å². The van der Waals surface area contributed by atoms with Crippen molar-refractivity contribution in [1.82, 2.24) is 14.5 Å². The molecule has 1 aliphatic rings. The second-order valence-corrected chi connectivity index (χ2v) is 8.41. The molecule has 1 amide bonds. The highest BCUT2D eigenvalue weighted by molar-refractivity contribution is 5.78. The van der Waals surface area contributed by atoms with Crippen LogP contribution in [0, 0.1) is 5.92 Å². The first-order chi connectivity index (χ1) is 14.1. The van der Waals surface area contributed by atoms with E-state index in [2.05, 4.69) is 13.8 Å². The SMILES string of the molecule is CCCCN(C(=O)CCC1CCCC1)C(CC)c1nc2ccccc2c(=O)n1C. The van der Waals surface area contributed by atoms with Crippen molar-refractivity contribution in [3.8, 4) is 0 Å². The third kappa shape index (κ3) is 4.88. The normalized spacial score (nSPS) is 15.7. The number of rotatable bonds is 9. The lowest BCUT2D eigenvalue weighted by molar-refractivity contribution is -0.134. The van der Waals surface area contributed by atoms with Crippen LogP contribution in [0.1, 0.15) is 83.5 Å². The average molecular weight is 398 g/mol. The minimum absolute atomic E-state index is 0.0436. The monoisotopic (exact) mass is 397 g/mol. The van der Waals surface area contributed by atoms with Crippen molar-refractivity contribution in [3.05, 3.63) is 40.4 Å². The van der Waals surface area contributed by atoms with Gasteiger partial charge in [-0.05, 0) is 37.3 Å². The van der Waals surface area contributed by atoms with E-state index >= 15 is 0 Å². The molecule has 1 saturated carbocycles. The highest BCUT2D eigenvalue weighted by Gasteiger charge is 2.28. The topological polar surface area (TPSA) is 55.2 Å². The van der Waals surface area contributed by atoms with Gasteiger partial charge in [-0.15, -0.1) is 0 Å². The molecule has 0 bridgehead atoms. The fourth-order valence-corrected chi connectivity index (χ4v) is 4.63. The van der Waals surface area contributed by atoms with Crippen molar-refractivity contribution in [2.24, 2.45) is 13.0 Å². The second-order valence-electron chi connectivity index (χ2n) is 8.41. The van der Waals surface area contributed by atoms with Gasteiger partial charge in [0, 0.05) is 20.0 Å². The summed E-state index contributed by atoms with van der Waals surface area (Å²) in [5.41, 5.74) is 0.663. The molecule has 1 atom stereocenters. The zero-order chi connectivity index (χ0) is 20.8. The van der Waals surface area contributed by atoms with Crippen LogP contribution in [-0.2, 0) is 11.8 Å². The number of carbonyl (C=O) groups is 1. The average Bonchev–Trinajstić information content (AvgIpc) is 3.26. The summed E-state index contributed by atoms with van der Waals surface area (Å²) in [6, 6.07) is 7.30. The van der Waals surface area contributed by atoms with E-state index in [0.717, 1.165) is 32.2 Å². The maximum atomic E-state index is 13.3. The summed E-state index contributed by atoms with van der Waals surface area (Å²) in [6.07, 6.45) is 9.48. The van der Waals surface area contributed by atoms with Gasteiger partial charge in [-0.1, -0.05) is 58.1 Å². The van der Waals surface area contributed by atoms with E-state index in [9.17, 15) is 9.59 Å². The van der Waals surface area contributed by atoms with E-state index in [1.807, 2.05) is 29.2 Å². The molecule has 1 unspecified atom stereocenters. The van der Waals surface area contributed by atoms with Crippen molar-refractivity contribution in [2.75, 3.05) is 6.54 Å². The Morgan fingerprint density at radius 3 is 2.66 bits per heavy atom. The minimum atomic E-state index is -0.167. The Bertz CT molecular complexity index is 883. The van der Waals surface area contributed by atoms with Gasteiger partial charge in [0.1, 0.15) is 5.82 Å². The Labute approximate surface area is 174 Å². The third-order valence-electron chi connectivity index (χ3n) is 6.39. The van der Waals surface area contributed by atoms with Gasteiger partial charge in [0.05, 0.1) is 16.9 Å². The molecule has 5 heteroatoms. The summed E-state index contributed by atoms with van der Waals surface area (Å²) < 4.78 is 1.64. The Kier molecular flexibility index (Phi) is 7.45. The number of amides is 1. The summed E-state index contributed by atoms with van der Waals surface area (Å²) in [7, 11) is 1.78. The first-order valence-electron chi connectivity index (χ1n) is 11.3. The van der Waals surface area contributed by atoms with E-state index in [-0.39, 0.29) is 17.5 Å². The number of fused-ring (bicyclic) bond motifs is 1. The van der Waals surface area contributed by atoms with Crippen molar-refractivity contribution in [2.45, 2.75) is 77.7 Å². The lowest BCUT2D eigenvalue weighted by atomic mass is 10.0. The molecule has 158 valence electrons. The minimum Gasteiger partial charge on any atom is -0.333 e. The van der Waals surface area contributed by atoms with Gasteiger partial charge in [-0.25, -0.2) is 4.98 Å². The van der Waals surface area contributed by atoms with Crippen LogP contribution >= 0.6 is 0 Å². The van der Waals surface area contributed by atoms with Crippen LogP contribution in [0.2, 0.25) is 0 Å². The summed E-state index contributed by atoms with van der Waals surface area (Å²) >= 11 is 0. The largest absolute Gasteiger partial charge is 0.333 e. The maximum Gasteiger partial charge on any atom is 0.261 e.